The van der Waals surface area contributed by atoms with Gasteiger partial charge in [0.2, 0.25) is 6.29 Å². The SMILES string of the molecule is CCCC(C)(C)O[C](C)OC(C)(C)CCC. The molecule has 2 nitrogen and oxygen atoms in total. The molecular weight excluding hydrogens is 200 g/mol. The number of ether oxygens (including phenoxy) is 2. The lowest BCUT2D eigenvalue weighted by atomic mass is 10.0. The lowest BCUT2D eigenvalue weighted by molar-refractivity contribution is -0.162. The molecule has 0 heterocycles. The van der Waals surface area contributed by atoms with Crippen molar-refractivity contribution in [3.05, 3.63) is 6.29 Å². The van der Waals surface area contributed by atoms with Crippen molar-refractivity contribution >= 4 is 0 Å². The molecule has 0 aromatic heterocycles. The first-order valence-electron chi connectivity index (χ1n) is 6.44. The molecule has 0 aliphatic carbocycles. The summed E-state index contributed by atoms with van der Waals surface area (Å²) in [6, 6.07) is 0. The van der Waals surface area contributed by atoms with Crippen LogP contribution < -0.4 is 0 Å². The highest BCUT2D eigenvalue weighted by atomic mass is 16.7. The van der Waals surface area contributed by atoms with Crippen molar-refractivity contribution in [2.45, 2.75) is 85.4 Å². The quantitative estimate of drug-likeness (QED) is 0.601. The van der Waals surface area contributed by atoms with Crippen molar-refractivity contribution in [2.24, 2.45) is 0 Å². The highest BCUT2D eigenvalue weighted by molar-refractivity contribution is 4.77. The fraction of sp³-hybridized carbons (Fsp3) is 0.929. The fourth-order valence-electron chi connectivity index (χ4n) is 2.11. The Morgan fingerprint density at radius 2 is 1.12 bits per heavy atom. The van der Waals surface area contributed by atoms with Crippen molar-refractivity contribution in [1.29, 1.82) is 0 Å². The molecule has 0 saturated carbocycles. The van der Waals surface area contributed by atoms with Crippen LogP contribution in [0.1, 0.15) is 74.1 Å². The smallest absolute Gasteiger partial charge is 0.221 e. The minimum Gasteiger partial charge on any atom is -0.339 e. The Hall–Kier alpha value is -0.0800. The molecule has 0 aromatic rings. The predicted molar refractivity (Wildman–Crippen MR) is 69.1 cm³/mol. The predicted octanol–water partition coefficient (Wildman–Crippen LogP) is 4.69. The molecule has 0 aliphatic heterocycles. The second kappa shape index (κ2) is 6.61. The van der Waals surface area contributed by atoms with E-state index in [1.807, 2.05) is 6.92 Å². The molecule has 0 aromatic carbocycles. The second-order valence-corrected chi connectivity index (χ2v) is 5.72. The van der Waals surface area contributed by atoms with Crippen LogP contribution in [0.25, 0.3) is 0 Å². The molecule has 0 bridgehead atoms. The van der Waals surface area contributed by atoms with Crippen LogP contribution in [0.15, 0.2) is 0 Å². The van der Waals surface area contributed by atoms with Gasteiger partial charge in [0.1, 0.15) is 0 Å². The maximum atomic E-state index is 5.85. The first kappa shape index (κ1) is 15.9. The van der Waals surface area contributed by atoms with Crippen LogP contribution in [-0.4, -0.2) is 11.2 Å². The van der Waals surface area contributed by atoms with E-state index in [2.05, 4.69) is 41.5 Å². The minimum absolute atomic E-state index is 0.124. The van der Waals surface area contributed by atoms with Gasteiger partial charge in [-0.2, -0.15) is 0 Å². The zero-order chi connectivity index (χ0) is 12.8. The lowest BCUT2D eigenvalue weighted by Gasteiger charge is -2.33. The molecular formula is C14H29O2. The summed E-state index contributed by atoms with van der Waals surface area (Å²) >= 11 is 0. The molecule has 0 rings (SSSR count). The highest BCUT2D eigenvalue weighted by Crippen LogP contribution is 2.27. The molecule has 2 heteroatoms. The van der Waals surface area contributed by atoms with Gasteiger partial charge in [0.15, 0.2) is 0 Å². The van der Waals surface area contributed by atoms with Crippen LogP contribution >= 0.6 is 0 Å². The highest BCUT2D eigenvalue weighted by Gasteiger charge is 2.27. The molecule has 97 valence electrons. The lowest BCUT2D eigenvalue weighted by Crippen LogP contribution is -2.32. The Morgan fingerprint density at radius 3 is 1.38 bits per heavy atom. The summed E-state index contributed by atoms with van der Waals surface area (Å²) in [4.78, 5) is 0. The number of hydrogen-bond acceptors (Lipinski definition) is 2. The normalized spacial score (nSPS) is 13.5. The molecule has 0 saturated heterocycles. The molecule has 16 heavy (non-hydrogen) atoms. The Kier molecular flexibility index (Phi) is 6.57. The van der Waals surface area contributed by atoms with Crippen molar-refractivity contribution in [2.75, 3.05) is 0 Å². The van der Waals surface area contributed by atoms with E-state index in [1.54, 1.807) is 0 Å². The van der Waals surface area contributed by atoms with Crippen molar-refractivity contribution < 1.29 is 9.47 Å². The largest absolute Gasteiger partial charge is 0.339 e. The fourth-order valence-corrected chi connectivity index (χ4v) is 2.11. The van der Waals surface area contributed by atoms with Gasteiger partial charge in [-0.1, -0.05) is 26.7 Å². The molecule has 0 fully saturated rings. The summed E-state index contributed by atoms with van der Waals surface area (Å²) in [7, 11) is 0. The molecule has 1 radical (unpaired) electrons. The maximum Gasteiger partial charge on any atom is 0.221 e. The Balaban J connectivity index is 4.11. The van der Waals surface area contributed by atoms with Crippen molar-refractivity contribution in [3.63, 3.8) is 0 Å². The summed E-state index contributed by atoms with van der Waals surface area (Å²) in [6.45, 7) is 14.7. The third kappa shape index (κ3) is 7.24. The minimum atomic E-state index is -0.124. The maximum absolute atomic E-state index is 5.85. The second-order valence-electron chi connectivity index (χ2n) is 5.72. The van der Waals surface area contributed by atoms with E-state index in [4.69, 9.17) is 9.47 Å². The van der Waals surface area contributed by atoms with Crippen LogP contribution in [0, 0.1) is 6.29 Å². The van der Waals surface area contributed by atoms with E-state index >= 15 is 0 Å². The Morgan fingerprint density at radius 1 is 0.812 bits per heavy atom. The van der Waals surface area contributed by atoms with Gasteiger partial charge in [-0.3, -0.25) is 0 Å². The van der Waals surface area contributed by atoms with Gasteiger partial charge in [-0.15, -0.1) is 0 Å². The first-order chi connectivity index (χ1) is 7.22. The summed E-state index contributed by atoms with van der Waals surface area (Å²) in [5, 5.41) is 0. The average molecular weight is 229 g/mol. The van der Waals surface area contributed by atoms with E-state index in [9.17, 15) is 0 Å². The standard InChI is InChI=1S/C14H29O2/c1-8-10-13(4,5)15-12(3)16-14(6,7)11-9-2/h8-11H2,1-7H3. The average Bonchev–Trinajstić information content (AvgIpc) is 1.99. The number of rotatable bonds is 8. The van der Waals surface area contributed by atoms with Gasteiger partial charge < -0.3 is 9.47 Å². The van der Waals surface area contributed by atoms with Gasteiger partial charge in [0.05, 0.1) is 11.2 Å². The molecule has 0 atom stereocenters. The van der Waals surface area contributed by atoms with E-state index in [0.717, 1.165) is 25.7 Å². The van der Waals surface area contributed by atoms with Crippen LogP contribution in [0.3, 0.4) is 0 Å². The van der Waals surface area contributed by atoms with Gasteiger partial charge >= 0.3 is 0 Å². The molecule has 0 N–H and O–H groups in total. The molecule has 0 unspecified atom stereocenters. The Bertz CT molecular complexity index is 165. The molecule has 0 amide bonds. The Labute approximate surface area is 102 Å². The van der Waals surface area contributed by atoms with Crippen LogP contribution in [0.5, 0.6) is 0 Å². The van der Waals surface area contributed by atoms with Crippen molar-refractivity contribution in [1.82, 2.24) is 0 Å². The van der Waals surface area contributed by atoms with E-state index < -0.39 is 0 Å². The van der Waals surface area contributed by atoms with Crippen LogP contribution in [0.4, 0.5) is 0 Å². The zero-order valence-electron chi connectivity index (χ0n) is 12.1. The van der Waals surface area contributed by atoms with Crippen LogP contribution in [0.2, 0.25) is 0 Å². The van der Waals surface area contributed by atoms with Crippen molar-refractivity contribution in [3.8, 4) is 0 Å². The zero-order valence-corrected chi connectivity index (χ0v) is 12.1. The van der Waals surface area contributed by atoms with Gasteiger partial charge in [-0.05, 0) is 47.5 Å². The van der Waals surface area contributed by atoms with Gasteiger partial charge in [0.25, 0.3) is 0 Å². The van der Waals surface area contributed by atoms with Crippen LogP contribution in [-0.2, 0) is 9.47 Å². The summed E-state index contributed by atoms with van der Waals surface area (Å²) in [5.74, 6) is 0. The third-order valence-electron chi connectivity index (χ3n) is 2.54. The third-order valence-corrected chi connectivity index (χ3v) is 2.54. The summed E-state index contributed by atoms with van der Waals surface area (Å²) < 4.78 is 11.7. The monoisotopic (exact) mass is 229 g/mol. The molecule has 0 aliphatic rings. The summed E-state index contributed by atoms with van der Waals surface area (Å²) in [6.07, 6.45) is 5.03. The number of hydrogen-bond donors (Lipinski definition) is 0. The summed E-state index contributed by atoms with van der Waals surface area (Å²) in [5.41, 5.74) is -0.248. The first-order valence-corrected chi connectivity index (χ1v) is 6.44. The van der Waals surface area contributed by atoms with E-state index in [0.29, 0.717) is 6.29 Å². The molecule has 0 spiro atoms. The van der Waals surface area contributed by atoms with E-state index in [1.165, 1.54) is 0 Å². The van der Waals surface area contributed by atoms with Gasteiger partial charge in [0, 0.05) is 0 Å². The van der Waals surface area contributed by atoms with Gasteiger partial charge in [-0.25, -0.2) is 0 Å². The topological polar surface area (TPSA) is 18.5 Å². The van der Waals surface area contributed by atoms with E-state index in [-0.39, 0.29) is 11.2 Å².